The summed E-state index contributed by atoms with van der Waals surface area (Å²) >= 11 is 0. The fourth-order valence-corrected chi connectivity index (χ4v) is 2.23. The Labute approximate surface area is 107 Å². The van der Waals surface area contributed by atoms with Gasteiger partial charge in [0.2, 0.25) is 0 Å². The Hall–Kier alpha value is -1.81. The lowest BCUT2D eigenvalue weighted by atomic mass is 10.1. The Kier molecular flexibility index (Phi) is 3.39. The van der Waals surface area contributed by atoms with Crippen molar-refractivity contribution in [3.63, 3.8) is 0 Å². The fraction of sp³-hybridized carbons (Fsp3) is 0.357. The van der Waals surface area contributed by atoms with Gasteiger partial charge in [-0.15, -0.1) is 0 Å². The molecule has 0 bridgehead atoms. The van der Waals surface area contributed by atoms with Crippen LogP contribution in [0.1, 0.15) is 22.5 Å². The van der Waals surface area contributed by atoms with Crippen molar-refractivity contribution >= 4 is 0 Å². The van der Waals surface area contributed by atoms with Crippen LogP contribution in [-0.2, 0) is 6.61 Å². The van der Waals surface area contributed by atoms with Gasteiger partial charge in [0.1, 0.15) is 5.69 Å². The molecule has 0 atom stereocenters. The molecule has 0 amide bonds. The molecule has 0 fully saturated rings. The third kappa shape index (κ3) is 1.88. The minimum atomic E-state index is 0.0378. The fourth-order valence-electron chi connectivity index (χ4n) is 2.23. The molecular weight excluding hydrogens is 228 g/mol. The lowest BCUT2D eigenvalue weighted by Crippen LogP contribution is -2.04. The summed E-state index contributed by atoms with van der Waals surface area (Å²) in [6, 6.07) is 5.84. The Bertz CT molecular complexity index is 573. The second kappa shape index (κ2) is 4.82. The zero-order chi connectivity index (χ0) is 13.3. The number of methoxy groups -OCH3 is 1. The number of aliphatic hydroxyl groups is 1. The summed E-state index contributed by atoms with van der Waals surface area (Å²) in [5.74, 6) is 0.809. The summed E-state index contributed by atoms with van der Waals surface area (Å²) in [5.41, 5.74) is 4.76. The molecule has 0 saturated heterocycles. The Morgan fingerprint density at radius 2 is 2.00 bits per heavy atom. The molecule has 0 aliphatic heterocycles. The quantitative estimate of drug-likeness (QED) is 0.904. The SMILES string of the molecule is COc1c(C)nn(-c2cccc(CO)c2C)c1C. The third-order valence-corrected chi connectivity index (χ3v) is 3.24. The van der Waals surface area contributed by atoms with Gasteiger partial charge in [-0.2, -0.15) is 5.10 Å². The van der Waals surface area contributed by atoms with E-state index in [1.165, 1.54) is 0 Å². The average Bonchev–Trinajstić information content (AvgIpc) is 2.64. The van der Waals surface area contributed by atoms with Crippen molar-refractivity contribution in [1.82, 2.24) is 9.78 Å². The minimum absolute atomic E-state index is 0.0378. The van der Waals surface area contributed by atoms with Gasteiger partial charge in [-0.05, 0) is 38.0 Å². The average molecular weight is 246 g/mol. The molecule has 0 saturated carbocycles. The molecule has 1 N–H and O–H groups in total. The summed E-state index contributed by atoms with van der Waals surface area (Å²) in [5, 5.41) is 13.8. The van der Waals surface area contributed by atoms with Gasteiger partial charge in [-0.3, -0.25) is 0 Å². The highest BCUT2D eigenvalue weighted by atomic mass is 16.5. The van der Waals surface area contributed by atoms with Crippen LogP contribution in [0.3, 0.4) is 0 Å². The van der Waals surface area contributed by atoms with Gasteiger partial charge in [0.25, 0.3) is 0 Å². The van der Waals surface area contributed by atoms with E-state index in [4.69, 9.17) is 4.74 Å². The number of nitrogens with zero attached hydrogens (tertiary/aromatic N) is 2. The van der Waals surface area contributed by atoms with Gasteiger partial charge in [0, 0.05) is 0 Å². The van der Waals surface area contributed by atoms with Crippen LogP contribution in [0.15, 0.2) is 18.2 Å². The van der Waals surface area contributed by atoms with Crippen LogP contribution in [-0.4, -0.2) is 22.0 Å². The first-order valence-electron chi connectivity index (χ1n) is 5.90. The third-order valence-electron chi connectivity index (χ3n) is 3.24. The molecule has 0 spiro atoms. The van der Waals surface area contributed by atoms with E-state index in [-0.39, 0.29) is 6.61 Å². The number of benzene rings is 1. The van der Waals surface area contributed by atoms with Crippen LogP contribution >= 0.6 is 0 Å². The largest absolute Gasteiger partial charge is 0.493 e. The Morgan fingerprint density at radius 3 is 2.56 bits per heavy atom. The highest BCUT2D eigenvalue weighted by Crippen LogP contribution is 2.27. The molecule has 18 heavy (non-hydrogen) atoms. The lowest BCUT2D eigenvalue weighted by Gasteiger charge is -2.11. The summed E-state index contributed by atoms with van der Waals surface area (Å²) in [6.07, 6.45) is 0. The standard InChI is InChI=1S/C14H18N2O2/c1-9-12(8-17)6-5-7-13(9)16-11(3)14(18-4)10(2)15-16/h5-7,17H,8H2,1-4H3. The first kappa shape index (κ1) is 12.6. The van der Waals surface area contributed by atoms with Crippen LogP contribution < -0.4 is 4.74 Å². The van der Waals surface area contributed by atoms with Crippen molar-refractivity contribution in [3.05, 3.63) is 40.7 Å². The smallest absolute Gasteiger partial charge is 0.163 e. The maximum atomic E-state index is 9.31. The number of aromatic nitrogens is 2. The molecule has 0 aliphatic carbocycles. The van der Waals surface area contributed by atoms with Gasteiger partial charge in [-0.1, -0.05) is 12.1 Å². The van der Waals surface area contributed by atoms with Gasteiger partial charge in [-0.25, -0.2) is 4.68 Å². The van der Waals surface area contributed by atoms with Crippen molar-refractivity contribution < 1.29 is 9.84 Å². The summed E-state index contributed by atoms with van der Waals surface area (Å²) in [4.78, 5) is 0. The zero-order valence-electron chi connectivity index (χ0n) is 11.2. The maximum Gasteiger partial charge on any atom is 0.163 e. The highest BCUT2D eigenvalue weighted by Gasteiger charge is 2.15. The van der Waals surface area contributed by atoms with E-state index in [1.54, 1.807) is 7.11 Å². The van der Waals surface area contributed by atoms with E-state index in [9.17, 15) is 5.11 Å². The number of hydrogen-bond acceptors (Lipinski definition) is 3. The van der Waals surface area contributed by atoms with Crippen molar-refractivity contribution in [3.8, 4) is 11.4 Å². The van der Waals surface area contributed by atoms with Crippen molar-refractivity contribution in [2.75, 3.05) is 7.11 Å². The number of hydrogen-bond donors (Lipinski definition) is 1. The highest BCUT2D eigenvalue weighted by molar-refractivity contribution is 5.48. The molecule has 4 nitrogen and oxygen atoms in total. The predicted molar refractivity (Wildman–Crippen MR) is 70.2 cm³/mol. The minimum Gasteiger partial charge on any atom is -0.493 e. The molecule has 4 heteroatoms. The van der Waals surface area contributed by atoms with Gasteiger partial charge < -0.3 is 9.84 Å². The summed E-state index contributed by atoms with van der Waals surface area (Å²) < 4.78 is 7.21. The van der Waals surface area contributed by atoms with Crippen LogP contribution in [0.5, 0.6) is 5.75 Å². The van der Waals surface area contributed by atoms with Gasteiger partial charge in [0.15, 0.2) is 5.75 Å². The maximum absolute atomic E-state index is 9.31. The topological polar surface area (TPSA) is 47.3 Å². The Balaban J connectivity index is 2.62. The van der Waals surface area contributed by atoms with Gasteiger partial charge >= 0.3 is 0 Å². The molecule has 0 aliphatic rings. The summed E-state index contributed by atoms with van der Waals surface area (Å²) in [6.45, 7) is 5.93. The number of aryl methyl sites for hydroxylation is 1. The van der Waals surface area contributed by atoms with E-state index in [2.05, 4.69) is 5.10 Å². The van der Waals surface area contributed by atoms with Crippen LogP contribution in [0.25, 0.3) is 5.69 Å². The molecule has 2 aromatic rings. The number of ether oxygens (including phenoxy) is 1. The van der Waals surface area contributed by atoms with Crippen molar-refractivity contribution in [2.45, 2.75) is 27.4 Å². The van der Waals surface area contributed by atoms with Crippen molar-refractivity contribution in [2.24, 2.45) is 0 Å². The van der Waals surface area contributed by atoms with E-state index in [0.29, 0.717) is 0 Å². The first-order valence-corrected chi connectivity index (χ1v) is 5.90. The molecule has 0 unspecified atom stereocenters. The second-order valence-corrected chi connectivity index (χ2v) is 4.34. The van der Waals surface area contributed by atoms with E-state index < -0.39 is 0 Å². The van der Waals surface area contributed by atoms with Crippen LogP contribution in [0.4, 0.5) is 0 Å². The normalized spacial score (nSPS) is 10.7. The number of aliphatic hydroxyl groups excluding tert-OH is 1. The molecule has 96 valence electrons. The number of rotatable bonds is 3. The molecule has 2 rings (SSSR count). The van der Waals surface area contributed by atoms with Gasteiger partial charge in [0.05, 0.1) is 25.1 Å². The molecule has 1 aromatic carbocycles. The van der Waals surface area contributed by atoms with E-state index in [0.717, 1.165) is 34.0 Å². The summed E-state index contributed by atoms with van der Waals surface area (Å²) in [7, 11) is 1.65. The predicted octanol–water partition coefficient (Wildman–Crippen LogP) is 2.30. The molecule has 1 aromatic heterocycles. The Morgan fingerprint density at radius 1 is 1.28 bits per heavy atom. The zero-order valence-corrected chi connectivity index (χ0v) is 11.2. The molecular formula is C14H18N2O2. The molecule has 1 heterocycles. The lowest BCUT2D eigenvalue weighted by molar-refractivity contribution is 0.281. The first-order chi connectivity index (χ1) is 8.60. The van der Waals surface area contributed by atoms with Crippen LogP contribution in [0, 0.1) is 20.8 Å². The van der Waals surface area contributed by atoms with Crippen molar-refractivity contribution in [1.29, 1.82) is 0 Å². The van der Waals surface area contributed by atoms with E-state index in [1.807, 2.05) is 43.7 Å². The van der Waals surface area contributed by atoms with E-state index >= 15 is 0 Å². The second-order valence-electron chi connectivity index (χ2n) is 4.34. The van der Waals surface area contributed by atoms with Crippen LogP contribution in [0.2, 0.25) is 0 Å². The molecule has 0 radical (unpaired) electrons. The monoisotopic (exact) mass is 246 g/mol.